The van der Waals surface area contributed by atoms with Gasteiger partial charge in [0.25, 0.3) is 0 Å². The van der Waals surface area contributed by atoms with E-state index in [2.05, 4.69) is 13.0 Å². The number of alkyl halides is 1. The molecule has 1 saturated heterocycles. The zero-order valence-electron chi connectivity index (χ0n) is 8.21. The number of hydrogen-bond acceptors (Lipinski definition) is 2. The molecular formula is C10H15ClO2. The van der Waals surface area contributed by atoms with Crippen molar-refractivity contribution in [2.75, 3.05) is 0 Å². The molecule has 0 N–H and O–H groups in total. The van der Waals surface area contributed by atoms with E-state index in [0.717, 1.165) is 6.42 Å². The molecule has 0 spiro atoms. The molecule has 3 heteroatoms. The molecule has 3 atom stereocenters. The van der Waals surface area contributed by atoms with Gasteiger partial charge in [0.2, 0.25) is 0 Å². The Morgan fingerprint density at radius 2 is 2.15 bits per heavy atom. The van der Waals surface area contributed by atoms with Gasteiger partial charge in [-0.25, -0.2) is 0 Å². The molecule has 1 aliphatic heterocycles. The largest absolute Gasteiger partial charge is 0.344 e. The van der Waals surface area contributed by atoms with Gasteiger partial charge in [-0.2, -0.15) is 0 Å². The van der Waals surface area contributed by atoms with Crippen molar-refractivity contribution >= 4 is 11.6 Å². The molecular weight excluding hydrogens is 188 g/mol. The van der Waals surface area contributed by atoms with Crippen LogP contribution in [0.4, 0.5) is 0 Å². The summed E-state index contributed by atoms with van der Waals surface area (Å²) in [5, 5.41) is 0.0961. The Labute approximate surface area is 83.9 Å². The minimum absolute atomic E-state index is 0.0961. The van der Waals surface area contributed by atoms with Crippen LogP contribution in [0, 0.1) is 0 Å². The summed E-state index contributed by atoms with van der Waals surface area (Å²) in [4.78, 5) is 0. The zero-order valence-corrected chi connectivity index (χ0v) is 8.97. The van der Waals surface area contributed by atoms with E-state index < -0.39 is 5.79 Å². The standard InChI is InChI=1S/C10H15ClO2/c1-6-4-7(11)5-8-9(6)13-10(2,3)12-8/h4,7-9H,5H2,1-3H3/t7?,8-,9+/m0/s1. The summed E-state index contributed by atoms with van der Waals surface area (Å²) < 4.78 is 11.5. The van der Waals surface area contributed by atoms with Crippen LogP contribution in [-0.4, -0.2) is 23.4 Å². The molecule has 2 rings (SSSR count). The summed E-state index contributed by atoms with van der Waals surface area (Å²) in [7, 11) is 0. The van der Waals surface area contributed by atoms with Crippen LogP contribution in [-0.2, 0) is 9.47 Å². The Hall–Kier alpha value is -0.0500. The molecule has 1 aliphatic carbocycles. The maximum atomic E-state index is 6.06. The van der Waals surface area contributed by atoms with Gasteiger partial charge in [0.05, 0.1) is 11.5 Å². The smallest absolute Gasteiger partial charge is 0.164 e. The summed E-state index contributed by atoms with van der Waals surface area (Å²) in [6, 6.07) is 0. The second-order valence-corrected chi connectivity index (χ2v) is 4.82. The van der Waals surface area contributed by atoms with Crippen LogP contribution in [0.2, 0.25) is 0 Å². The SMILES string of the molecule is CC1=CC(Cl)C[C@@H]2OC(C)(C)O[C@H]12. The topological polar surface area (TPSA) is 18.5 Å². The highest BCUT2D eigenvalue weighted by Gasteiger charge is 2.44. The Morgan fingerprint density at radius 3 is 2.85 bits per heavy atom. The second-order valence-electron chi connectivity index (χ2n) is 4.26. The number of hydrogen-bond donors (Lipinski definition) is 0. The molecule has 0 saturated carbocycles. The van der Waals surface area contributed by atoms with Gasteiger partial charge in [0, 0.05) is 0 Å². The van der Waals surface area contributed by atoms with E-state index in [1.165, 1.54) is 5.57 Å². The maximum Gasteiger partial charge on any atom is 0.164 e. The second kappa shape index (κ2) is 2.97. The fourth-order valence-corrected chi connectivity index (χ4v) is 2.44. The van der Waals surface area contributed by atoms with Crippen molar-refractivity contribution in [2.24, 2.45) is 0 Å². The molecule has 13 heavy (non-hydrogen) atoms. The summed E-state index contributed by atoms with van der Waals surface area (Å²) >= 11 is 6.06. The number of ether oxygens (including phenoxy) is 2. The first kappa shape index (κ1) is 9.50. The van der Waals surface area contributed by atoms with Gasteiger partial charge in [0.1, 0.15) is 6.10 Å². The molecule has 1 unspecified atom stereocenters. The molecule has 1 heterocycles. The number of halogens is 1. The molecule has 0 amide bonds. The number of fused-ring (bicyclic) bond motifs is 1. The van der Waals surface area contributed by atoms with Crippen molar-refractivity contribution in [3.8, 4) is 0 Å². The quantitative estimate of drug-likeness (QED) is 0.444. The third-order valence-corrected chi connectivity index (χ3v) is 2.84. The summed E-state index contributed by atoms with van der Waals surface area (Å²) in [6.45, 7) is 5.95. The normalized spacial score (nSPS) is 42.8. The van der Waals surface area contributed by atoms with Crippen LogP contribution in [0.5, 0.6) is 0 Å². The third-order valence-electron chi connectivity index (χ3n) is 2.53. The summed E-state index contributed by atoms with van der Waals surface area (Å²) in [5.41, 5.74) is 1.20. The Bertz CT molecular complexity index is 247. The van der Waals surface area contributed by atoms with Gasteiger partial charge < -0.3 is 9.47 Å². The van der Waals surface area contributed by atoms with Crippen LogP contribution >= 0.6 is 11.6 Å². The van der Waals surface area contributed by atoms with Gasteiger partial charge in [-0.15, -0.1) is 11.6 Å². The zero-order chi connectivity index (χ0) is 9.64. The van der Waals surface area contributed by atoms with E-state index in [1.54, 1.807) is 0 Å². The Morgan fingerprint density at radius 1 is 1.46 bits per heavy atom. The van der Waals surface area contributed by atoms with E-state index in [9.17, 15) is 0 Å². The minimum atomic E-state index is -0.453. The first-order valence-corrected chi connectivity index (χ1v) is 5.09. The van der Waals surface area contributed by atoms with Crippen molar-refractivity contribution in [1.82, 2.24) is 0 Å². The predicted molar refractivity (Wildman–Crippen MR) is 51.8 cm³/mol. The summed E-state index contributed by atoms with van der Waals surface area (Å²) in [5.74, 6) is -0.453. The van der Waals surface area contributed by atoms with Crippen LogP contribution in [0.1, 0.15) is 27.2 Å². The molecule has 0 bridgehead atoms. The van der Waals surface area contributed by atoms with Crippen molar-refractivity contribution in [3.63, 3.8) is 0 Å². The third kappa shape index (κ3) is 1.76. The van der Waals surface area contributed by atoms with Crippen molar-refractivity contribution in [3.05, 3.63) is 11.6 Å². The highest BCUT2D eigenvalue weighted by Crippen LogP contribution is 2.38. The van der Waals surface area contributed by atoms with Gasteiger partial charge >= 0.3 is 0 Å². The molecule has 2 aliphatic rings. The van der Waals surface area contributed by atoms with Crippen LogP contribution in [0.25, 0.3) is 0 Å². The van der Waals surface area contributed by atoms with Gasteiger partial charge in [0.15, 0.2) is 5.79 Å². The fraction of sp³-hybridized carbons (Fsp3) is 0.800. The van der Waals surface area contributed by atoms with E-state index in [1.807, 2.05) is 13.8 Å². The monoisotopic (exact) mass is 202 g/mol. The molecule has 74 valence electrons. The number of allylic oxidation sites excluding steroid dienone is 1. The first-order chi connectivity index (χ1) is 5.98. The molecule has 0 aromatic rings. The van der Waals surface area contributed by atoms with E-state index in [-0.39, 0.29) is 17.6 Å². The van der Waals surface area contributed by atoms with E-state index >= 15 is 0 Å². The molecule has 2 nitrogen and oxygen atoms in total. The lowest BCUT2D eigenvalue weighted by atomic mass is 9.95. The maximum absolute atomic E-state index is 6.06. The predicted octanol–water partition coefficient (Wildman–Crippen LogP) is 2.46. The lowest BCUT2D eigenvalue weighted by Crippen LogP contribution is -2.30. The van der Waals surface area contributed by atoms with Gasteiger partial charge in [-0.3, -0.25) is 0 Å². The van der Waals surface area contributed by atoms with Crippen LogP contribution in [0.3, 0.4) is 0 Å². The highest BCUT2D eigenvalue weighted by molar-refractivity contribution is 6.21. The van der Waals surface area contributed by atoms with E-state index in [0.29, 0.717) is 0 Å². The van der Waals surface area contributed by atoms with Crippen molar-refractivity contribution in [1.29, 1.82) is 0 Å². The van der Waals surface area contributed by atoms with Crippen LogP contribution < -0.4 is 0 Å². The number of rotatable bonds is 0. The molecule has 0 radical (unpaired) electrons. The Balaban J connectivity index is 2.20. The van der Waals surface area contributed by atoms with Crippen LogP contribution in [0.15, 0.2) is 11.6 Å². The van der Waals surface area contributed by atoms with Gasteiger partial charge in [-0.05, 0) is 32.8 Å². The minimum Gasteiger partial charge on any atom is -0.344 e. The highest BCUT2D eigenvalue weighted by atomic mass is 35.5. The lowest BCUT2D eigenvalue weighted by molar-refractivity contribution is -0.143. The fourth-order valence-electron chi connectivity index (χ4n) is 2.06. The molecule has 0 aromatic carbocycles. The molecule has 1 fully saturated rings. The van der Waals surface area contributed by atoms with E-state index in [4.69, 9.17) is 21.1 Å². The average molecular weight is 203 g/mol. The summed E-state index contributed by atoms with van der Waals surface area (Å²) in [6.07, 6.45) is 3.17. The van der Waals surface area contributed by atoms with Crippen molar-refractivity contribution < 1.29 is 9.47 Å². The first-order valence-electron chi connectivity index (χ1n) is 4.66. The van der Waals surface area contributed by atoms with Crippen molar-refractivity contribution in [2.45, 2.75) is 50.6 Å². The lowest BCUT2D eigenvalue weighted by Gasteiger charge is -2.24. The Kier molecular flexibility index (Phi) is 2.17. The molecule has 0 aromatic heterocycles. The average Bonchev–Trinajstić information content (AvgIpc) is 2.23. The van der Waals surface area contributed by atoms with Gasteiger partial charge in [-0.1, -0.05) is 6.08 Å².